The van der Waals surface area contributed by atoms with Crippen LogP contribution in [0, 0.1) is 0 Å². The Labute approximate surface area is 278 Å². The van der Waals surface area contributed by atoms with Gasteiger partial charge >= 0.3 is 0 Å². The maximum absolute atomic E-state index is 7.46. The van der Waals surface area contributed by atoms with Crippen LogP contribution in [0.4, 0.5) is 17.1 Å². The summed E-state index contributed by atoms with van der Waals surface area (Å²) < 4.78 is 0. The minimum absolute atomic E-state index is 0.479. The zero-order chi connectivity index (χ0) is 31.1. The molecule has 2 aliphatic carbocycles. The van der Waals surface area contributed by atoms with Crippen LogP contribution in [0.1, 0.15) is 22.3 Å². The quantitative estimate of drug-likeness (QED) is 0.191. The molecule has 1 nitrogen and oxygen atoms in total. The first-order valence-corrected chi connectivity index (χ1v) is 16.5. The van der Waals surface area contributed by atoms with E-state index in [2.05, 4.69) is 175 Å². The van der Waals surface area contributed by atoms with E-state index < -0.39 is 5.41 Å². The molecule has 220 valence electrons. The highest BCUT2D eigenvalue weighted by molar-refractivity contribution is 6.35. The van der Waals surface area contributed by atoms with E-state index in [0.717, 1.165) is 22.1 Å². The van der Waals surface area contributed by atoms with Crippen LogP contribution >= 0.6 is 11.6 Å². The Hall–Kier alpha value is -5.63. The molecule has 8 aromatic rings. The predicted octanol–water partition coefficient (Wildman–Crippen LogP) is 12.5. The molecular formula is C45H28ClN. The summed E-state index contributed by atoms with van der Waals surface area (Å²) in [5, 5.41) is 5.58. The van der Waals surface area contributed by atoms with E-state index in [1.807, 2.05) is 0 Å². The summed E-state index contributed by atoms with van der Waals surface area (Å²) in [5.41, 5.74) is 12.9. The van der Waals surface area contributed by atoms with Crippen molar-refractivity contribution in [3.63, 3.8) is 0 Å². The molecule has 2 aliphatic rings. The van der Waals surface area contributed by atoms with Crippen molar-refractivity contribution in [2.75, 3.05) is 4.90 Å². The molecule has 2 heteroatoms. The molecule has 10 rings (SSSR count). The number of hydrogen-bond donors (Lipinski definition) is 0. The van der Waals surface area contributed by atoms with E-state index >= 15 is 0 Å². The first-order valence-electron chi connectivity index (χ1n) is 16.1. The molecule has 0 fully saturated rings. The summed E-state index contributed by atoms with van der Waals surface area (Å²) in [7, 11) is 0. The van der Waals surface area contributed by atoms with Gasteiger partial charge in [-0.25, -0.2) is 0 Å². The molecule has 0 heterocycles. The van der Waals surface area contributed by atoms with Gasteiger partial charge in [-0.3, -0.25) is 0 Å². The molecular weight excluding hydrogens is 590 g/mol. The highest BCUT2D eigenvalue weighted by Crippen LogP contribution is 2.65. The molecule has 1 spiro atoms. The Balaban J connectivity index is 1.37. The molecule has 0 saturated carbocycles. The molecule has 0 aromatic heterocycles. The molecule has 0 aliphatic heterocycles. The molecule has 0 saturated heterocycles. The number of anilines is 3. The predicted molar refractivity (Wildman–Crippen MR) is 197 cm³/mol. The van der Waals surface area contributed by atoms with Gasteiger partial charge in [-0.2, -0.15) is 0 Å². The lowest BCUT2D eigenvalue weighted by atomic mass is 9.70. The van der Waals surface area contributed by atoms with E-state index in [4.69, 9.17) is 11.6 Å². The SMILES string of the molecule is Clc1ccc2c(c1N(c1ccccc1)c1ccc3ccccc3c1)-c1cc3ccccc3cc1C21c2ccccc2-c2ccccc21. The molecule has 47 heavy (non-hydrogen) atoms. The van der Waals surface area contributed by atoms with E-state index in [9.17, 15) is 0 Å². The minimum Gasteiger partial charge on any atom is -0.308 e. The molecule has 8 aromatic carbocycles. The molecule has 0 bridgehead atoms. The van der Waals surface area contributed by atoms with Crippen molar-refractivity contribution >= 4 is 50.2 Å². The second kappa shape index (κ2) is 9.93. The summed E-state index contributed by atoms with van der Waals surface area (Å²) in [6, 6.07) is 61.8. The van der Waals surface area contributed by atoms with Crippen LogP contribution in [0.3, 0.4) is 0 Å². The first-order chi connectivity index (χ1) is 23.2. The third-order valence-electron chi connectivity index (χ3n) is 10.3. The Morgan fingerprint density at radius 2 is 0.957 bits per heavy atom. The van der Waals surface area contributed by atoms with E-state index in [1.54, 1.807) is 0 Å². The van der Waals surface area contributed by atoms with Crippen molar-refractivity contribution in [3.8, 4) is 22.3 Å². The molecule has 0 unspecified atom stereocenters. The van der Waals surface area contributed by atoms with Crippen molar-refractivity contribution in [2.24, 2.45) is 0 Å². The largest absolute Gasteiger partial charge is 0.308 e. The number of benzene rings is 8. The average Bonchev–Trinajstić information content (AvgIpc) is 3.59. The van der Waals surface area contributed by atoms with Crippen LogP contribution in [0.15, 0.2) is 170 Å². The van der Waals surface area contributed by atoms with Crippen LogP contribution < -0.4 is 4.90 Å². The van der Waals surface area contributed by atoms with Gasteiger partial charge in [0.25, 0.3) is 0 Å². The van der Waals surface area contributed by atoms with Crippen LogP contribution in [0.2, 0.25) is 5.02 Å². The van der Waals surface area contributed by atoms with Crippen molar-refractivity contribution < 1.29 is 0 Å². The van der Waals surface area contributed by atoms with Gasteiger partial charge in [-0.1, -0.05) is 139 Å². The van der Waals surface area contributed by atoms with Crippen molar-refractivity contribution in [3.05, 3.63) is 197 Å². The topological polar surface area (TPSA) is 3.24 Å². The summed E-state index contributed by atoms with van der Waals surface area (Å²) in [4.78, 5) is 2.36. The van der Waals surface area contributed by atoms with Crippen LogP contribution in [0.25, 0.3) is 43.8 Å². The fraction of sp³-hybridized carbons (Fsp3) is 0.0222. The fourth-order valence-electron chi connectivity index (χ4n) is 8.39. The molecule has 0 atom stereocenters. The van der Waals surface area contributed by atoms with Crippen LogP contribution in [-0.4, -0.2) is 0 Å². The maximum atomic E-state index is 7.46. The summed E-state index contributed by atoms with van der Waals surface area (Å²) in [6.07, 6.45) is 0. The third kappa shape index (κ3) is 3.61. The average molecular weight is 618 g/mol. The maximum Gasteiger partial charge on any atom is 0.0729 e. The Morgan fingerprint density at radius 1 is 0.383 bits per heavy atom. The zero-order valence-corrected chi connectivity index (χ0v) is 26.2. The van der Waals surface area contributed by atoms with Crippen molar-refractivity contribution in [1.29, 1.82) is 0 Å². The summed E-state index contributed by atoms with van der Waals surface area (Å²) in [6.45, 7) is 0. The molecule has 0 amide bonds. The van der Waals surface area contributed by atoms with Crippen LogP contribution in [0.5, 0.6) is 0 Å². The standard InChI is InChI=1S/C45H28ClN/c46-42-25-24-40-43(44(42)47(33-16-2-1-3-17-33)34-23-22-29-12-4-5-13-30(29)26-34)37-27-31-14-6-7-15-32(31)28-41(37)45(40)38-20-10-8-18-35(38)36-19-9-11-21-39(36)45/h1-28H. The van der Waals surface area contributed by atoms with Gasteiger partial charge in [0.2, 0.25) is 0 Å². The van der Waals surface area contributed by atoms with Gasteiger partial charge in [0.15, 0.2) is 0 Å². The van der Waals surface area contributed by atoms with Gasteiger partial charge < -0.3 is 4.90 Å². The zero-order valence-electron chi connectivity index (χ0n) is 25.5. The second-order valence-corrected chi connectivity index (χ2v) is 13.0. The lowest BCUT2D eigenvalue weighted by Gasteiger charge is -2.32. The Bertz CT molecular complexity index is 2500. The molecule has 0 N–H and O–H groups in total. The highest BCUT2D eigenvalue weighted by atomic mass is 35.5. The van der Waals surface area contributed by atoms with Gasteiger partial charge in [0.1, 0.15) is 0 Å². The highest BCUT2D eigenvalue weighted by Gasteiger charge is 2.52. The monoisotopic (exact) mass is 617 g/mol. The summed E-state index contributed by atoms with van der Waals surface area (Å²) in [5.74, 6) is 0. The Kier molecular flexibility index (Phi) is 5.62. The van der Waals surface area contributed by atoms with Crippen molar-refractivity contribution in [1.82, 2.24) is 0 Å². The number of rotatable bonds is 3. The lowest BCUT2D eigenvalue weighted by molar-refractivity contribution is 0.795. The lowest BCUT2D eigenvalue weighted by Crippen LogP contribution is -2.26. The molecule has 0 radical (unpaired) electrons. The summed E-state index contributed by atoms with van der Waals surface area (Å²) >= 11 is 7.46. The minimum atomic E-state index is -0.479. The number of halogens is 1. The number of hydrogen-bond acceptors (Lipinski definition) is 1. The Morgan fingerprint density at radius 3 is 1.66 bits per heavy atom. The van der Waals surface area contributed by atoms with Crippen molar-refractivity contribution in [2.45, 2.75) is 5.41 Å². The normalized spacial score (nSPS) is 13.4. The van der Waals surface area contributed by atoms with Gasteiger partial charge in [-0.15, -0.1) is 0 Å². The van der Waals surface area contributed by atoms with Gasteiger partial charge in [0.05, 0.1) is 16.1 Å². The van der Waals surface area contributed by atoms with E-state index in [-0.39, 0.29) is 0 Å². The number of para-hydroxylation sites is 1. The van der Waals surface area contributed by atoms with Gasteiger partial charge in [0, 0.05) is 16.9 Å². The number of fused-ring (bicyclic) bond motifs is 12. The van der Waals surface area contributed by atoms with E-state index in [1.165, 1.54) is 66.1 Å². The smallest absolute Gasteiger partial charge is 0.0729 e. The van der Waals surface area contributed by atoms with Crippen LogP contribution in [-0.2, 0) is 5.41 Å². The number of nitrogens with zero attached hydrogens (tertiary/aromatic N) is 1. The fourth-order valence-corrected chi connectivity index (χ4v) is 8.63. The van der Waals surface area contributed by atoms with E-state index in [0.29, 0.717) is 0 Å². The third-order valence-corrected chi connectivity index (χ3v) is 10.6. The first kappa shape index (κ1) is 26.6. The van der Waals surface area contributed by atoms with Gasteiger partial charge in [-0.05, 0) is 103 Å². The second-order valence-electron chi connectivity index (χ2n) is 12.6.